The van der Waals surface area contributed by atoms with Gasteiger partial charge in [0.15, 0.2) is 0 Å². The highest BCUT2D eigenvalue weighted by atomic mass is 79.9. The number of aliphatic hydroxyl groups excluding tert-OH is 1. The average molecular weight is 352 g/mol. The maximum absolute atomic E-state index is 12.3. The van der Waals surface area contributed by atoms with Gasteiger partial charge in [-0.25, -0.2) is 13.1 Å². The fourth-order valence-electron chi connectivity index (χ4n) is 1.65. The zero-order valence-corrected chi connectivity index (χ0v) is 13.3. The minimum absolute atomic E-state index is 0.0589. The minimum atomic E-state index is -3.68. The first-order valence-corrected chi connectivity index (χ1v) is 8.19. The Bertz CT molecular complexity index is 518. The van der Waals surface area contributed by atoms with Gasteiger partial charge in [0.05, 0.1) is 7.11 Å². The average Bonchev–Trinajstić information content (AvgIpc) is 2.38. The predicted molar refractivity (Wildman–Crippen MR) is 76.8 cm³/mol. The third-order valence-corrected chi connectivity index (χ3v) is 4.74. The molecule has 1 rings (SSSR count). The number of nitrogens with one attached hydrogen (secondary N) is 1. The Morgan fingerprint density at radius 1 is 1.47 bits per heavy atom. The van der Waals surface area contributed by atoms with Gasteiger partial charge < -0.3 is 9.84 Å². The third kappa shape index (κ3) is 4.45. The monoisotopic (exact) mass is 351 g/mol. The molecule has 0 aromatic heterocycles. The van der Waals surface area contributed by atoms with Crippen LogP contribution in [0.4, 0.5) is 0 Å². The largest absolute Gasteiger partial charge is 0.495 e. The predicted octanol–water partition coefficient (Wildman–Crippen LogP) is 1.90. The second-order valence-corrected chi connectivity index (χ2v) is 6.63. The van der Waals surface area contributed by atoms with E-state index in [9.17, 15) is 8.42 Å². The van der Waals surface area contributed by atoms with E-state index < -0.39 is 10.0 Å². The van der Waals surface area contributed by atoms with Crippen LogP contribution in [0.3, 0.4) is 0 Å². The van der Waals surface area contributed by atoms with E-state index in [0.717, 1.165) is 0 Å². The zero-order valence-electron chi connectivity index (χ0n) is 10.9. The summed E-state index contributed by atoms with van der Waals surface area (Å²) in [6.45, 7) is 1.80. The molecule has 0 saturated heterocycles. The molecule has 2 N–H and O–H groups in total. The van der Waals surface area contributed by atoms with Gasteiger partial charge in [-0.1, -0.05) is 22.9 Å². The summed E-state index contributed by atoms with van der Waals surface area (Å²) in [4.78, 5) is 0.0840. The minimum Gasteiger partial charge on any atom is -0.495 e. The second kappa shape index (κ2) is 7.23. The summed E-state index contributed by atoms with van der Waals surface area (Å²) in [5.74, 6) is 0.287. The van der Waals surface area contributed by atoms with Crippen LogP contribution in [-0.4, -0.2) is 33.3 Å². The van der Waals surface area contributed by atoms with Crippen molar-refractivity contribution in [3.8, 4) is 5.75 Å². The van der Waals surface area contributed by atoms with Gasteiger partial charge >= 0.3 is 0 Å². The Hall–Kier alpha value is -0.630. The number of ether oxygens (including phenoxy) is 1. The second-order valence-electron chi connectivity index (χ2n) is 4.03. The van der Waals surface area contributed by atoms with Crippen LogP contribution in [-0.2, 0) is 10.0 Å². The van der Waals surface area contributed by atoms with Crippen molar-refractivity contribution in [2.24, 2.45) is 0 Å². The molecule has 1 unspecified atom stereocenters. The van der Waals surface area contributed by atoms with Crippen molar-refractivity contribution in [1.82, 2.24) is 4.72 Å². The maximum Gasteiger partial charge on any atom is 0.244 e. The molecule has 5 nitrogen and oxygen atoms in total. The van der Waals surface area contributed by atoms with E-state index >= 15 is 0 Å². The summed E-state index contributed by atoms with van der Waals surface area (Å²) < 4.78 is 32.9. The third-order valence-electron chi connectivity index (χ3n) is 2.71. The maximum atomic E-state index is 12.3. The number of sulfonamides is 1. The summed E-state index contributed by atoms with van der Waals surface area (Å²) in [7, 11) is -2.25. The van der Waals surface area contributed by atoms with Crippen LogP contribution in [0.5, 0.6) is 5.75 Å². The topological polar surface area (TPSA) is 75.6 Å². The van der Waals surface area contributed by atoms with E-state index in [1.54, 1.807) is 12.1 Å². The van der Waals surface area contributed by atoms with Gasteiger partial charge in [0.25, 0.3) is 0 Å². The van der Waals surface area contributed by atoms with Crippen molar-refractivity contribution in [1.29, 1.82) is 0 Å². The number of halogens is 1. The summed E-state index contributed by atoms with van der Waals surface area (Å²) in [5, 5.41) is 8.91. The van der Waals surface area contributed by atoms with Crippen molar-refractivity contribution in [2.75, 3.05) is 13.7 Å². The molecule has 19 heavy (non-hydrogen) atoms. The normalized spacial score (nSPS) is 13.3. The van der Waals surface area contributed by atoms with Crippen molar-refractivity contribution >= 4 is 26.0 Å². The molecule has 0 radical (unpaired) electrons. The number of benzene rings is 1. The highest BCUT2D eigenvalue weighted by molar-refractivity contribution is 9.10. The van der Waals surface area contributed by atoms with Crippen LogP contribution >= 0.6 is 15.9 Å². The molecule has 0 aliphatic carbocycles. The molecular weight excluding hydrogens is 334 g/mol. The Morgan fingerprint density at radius 2 is 2.16 bits per heavy atom. The SMILES string of the molecule is CCC(CCO)NS(=O)(=O)c1cc(Br)ccc1OC. The summed E-state index contributed by atoms with van der Waals surface area (Å²) in [6.07, 6.45) is 0.988. The van der Waals surface area contributed by atoms with E-state index in [1.807, 2.05) is 6.92 Å². The molecule has 108 valence electrons. The van der Waals surface area contributed by atoms with Crippen molar-refractivity contribution in [3.05, 3.63) is 22.7 Å². The van der Waals surface area contributed by atoms with Gasteiger partial charge in [-0.15, -0.1) is 0 Å². The van der Waals surface area contributed by atoms with Crippen LogP contribution in [0, 0.1) is 0 Å². The van der Waals surface area contributed by atoms with E-state index in [1.165, 1.54) is 13.2 Å². The van der Waals surface area contributed by atoms with E-state index in [2.05, 4.69) is 20.7 Å². The van der Waals surface area contributed by atoms with Gasteiger partial charge in [0, 0.05) is 17.1 Å². The number of aliphatic hydroxyl groups is 1. The summed E-state index contributed by atoms with van der Waals surface area (Å²) in [5.41, 5.74) is 0. The van der Waals surface area contributed by atoms with Crippen molar-refractivity contribution < 1.29 is 18.3 Å². The first-order valence-electron chi connectivity index (χ1n) is 5.91. The first kappa shape index (κ1) is 16.4. The lowest BCUT2D eigenvalue weighted by atomic mass is 10.2. The number of hydrogen-bond acceptors (Lipinski definition) is 4. The summed E-state index contributed by atoms with van der Waals surface area (Å²) >= 11 is 3.24. The van der Waals surface area contributed by atoms with Crippen LogP contribution in [0.25, 0.3) is 0 Å². The smallest absolute Gasteiger partial charge is 0.244 e. The molecule has 0 amide bonds. The molecule has 0 spiro atoms. The molecule has 0 fully saturated rings. The van der Waals surface area contributed by atoms with Gasteiger partial charge in [0.1, 0.15) is 10.6 Å². The Morgan fingerprint density at radius 3 is 2.68 bits per heavy atom. The van der Waals surface area contributed by atoms with E-state index in [0.29, 0.717) is 17.3 Å². The van der Waals surface area contributed by atoms with Crippen LogP contribution < -0.4 is 9.46 Å². The molecule has 7 heteroatoms. The van der Waals surface area contributed by atoms with Crippen molar-refractivity contribution in [2.45, 2.75) is 30.7 Å². The van der Waals surface area contributed by atoms with Crippen LogP contribution in [0.1, 0.15) is 19.8 Å². The molecule has 1 aromatic rings. The molecule has 1 atom stereocenters. The Balaban J connectivity index is 3.09. The molecule has 0 saturated carbocycles. The van der Waals surface area contributed by atoms with Gasteiger partial charge in [0.2, 0.25) is 10.0 Å². The fraction of sp³-hybridized carbons (Fsp3) is 0.500. The lowest BCUT2D eigenvalue weighted by Crippen LogP contribution is -2.35. The number of methoxy groups -OCH3 is 1. The van der Waals surface area contributed by atoms with Crippen LogP contribution in [0.2, 0.25) is 0 Å². The Labute approximate surface area is 122 Å². The molecule has 0 aliphatic heterocycles. The molecule has 0 aliphatic rings. The molecule has 1 aromatic carbocycles. The van der Waals surface area contributed by atoms with E-state index in [4.69, 9.17) is 9.84 Å². The lowest BCUT2D eigenvalue weighted by Gasteiger charge is -2.17. The van der Waals surface area contributed by atoms with Gasteiger partial charge in [-0.05, 0) is 31.0 Å². The molecule has 0 bridgehead atoms. The Kier molecular flexibility index (Phi) is 6.25. The zero-order chi connectivity index (χ0) is 14.5. The van der Waals surface area contributed by atoms with E-state index in [-0.39, 0.29) is 23.3 Å². The standard InChI is InChI=1S/C12H18BrNO4S/c1-3-10(6-7-15)14-19(16,17)12-8-9(13)4-5-11(12)18-2/h4-5,8,10,14-15H,3,6-7H2,1-2H3. The number of rotatable bonds is 7. The first-order chi connectivity index (χ1) is 8.94. The van der Waals surface area contributed by atoms with Crippen LogP contribution in [0.15, 0.2) is 27.6 Å². The quantitative estimate of drug-likeness (QED) is 0.786. The van der Waals surface area contributed by atoms with Crippen molar-refractivity contribution in [3.63, 3.8) is 0 Å². The molecule has 0 heterocycles. The van der Waals surface area contributed by atoms with Gasteiger partial charge in [-0.3, -0.25) is 0 Å². The number of hydrogen-bond donors (Lipinski definition) is 2. The van der Waals surface area contributed by atoms with Gasteiger partial charge in [-0.2, -0.15) is 0 Å². The lowest BCUT2D eigenvalue weighted by molar-refractivity contribution is 0.270. The highest BCUT2D eigenvalue weighted by Crippen LogP contribution is 2.27. The summed E-state index contributed by atoms with van der Waals surface area (Å²) in [6, 6.07) is 4.50. The fourth-order valence-corrected chi connectivity index (χ4v) is 3.71. The highest BCUT2D eigenvalue weighted by Gasteiger charge is 2.22. The molecular formula is C12H18BrNO4S.